The van der Waals surface area contributed by atoms with Crippen LogP contribution in [0.2, 0.25) is 0 Å². The normalized spacial score (nSPS) is 10.1. The van der Waals surface area contributed by atoms with E-state index in [0.717, 1.165) is 23.7 Å². The highest BCUT2D eigenvalue weighted by molar-refractivity contribution is 5.42. The molecule has 1 aromatic heterocycles. The van der Waals surface area contributed by atoms with Crippen molar-refractivity contribution in [3.8, 4) is 5.75 Å². The molecule has 2 N–H and O–H groups in total. The van der Waals surface area contributed by atoms with Gasteiger partial charge in [0.1, 0.15) is 17.4 Å². The van der Waals surface area contributed by atoms with Crippen molar-refractivity contribution in [2.75, 3.05) is 24.8 Å². The molecule has 18 heavy (non-hydrogen) atoms. The molecule has 0 unspecified atom stereocenters. The maximum absolute atomic E-state index is 5.62. The van der Waals surface area contributed by atoms with E-state index >= 15 is 0 Å². The molecule has 0 atom stereocenters. The Morgan fingerprint density at radius 2 is 2.17 bits per heavy atom. The summed E-state index contributed by atoms with van der Waals surface area (Å²) in [4.78, 5) is 10.2. The highest BCUT2D eigenvalue weighted by atomic mass is 16.5. The molecule has 5 nitrogen and oxygen atoms in total. The largest absolute Gasteiger partial charge is 0.497 e. The molecule has 1 aromatic carbocycles. The zero-order valence-electron chi connectivity index (χ0n) is 10.5. The van der Waals surface area contributed by atoms with E-state index in [-0.39, 0.29) is 0 Å². The number of ether oxygens (including phenoxy) is 1. The van der Waals surface area contributed by atoms with E-state index in [4.69, 9.17) is 10.5 Å². The van der Waals surface area contributed by atoms with E-state index < -0.39 is 0 Å². The molecule has 0 spiro atoms. The van der Waals surface area contributed by atoms with Crippen molar-refractivity contribution < 1.29 is 4.74 Å². The van der Waals surface area contributed by atoms with Crippen LogP contribution in [0.25, 0.3) is 0 Å². The van der Waals surface area contributed by atoms with Crippen LogP contribution in [0.5, 0.6) is 5.75 Å². The summed E-state index contributed by atoms with van der Waals surface area (Å²) >= 11 is 0. The van der Waals surface area contributed by atoms with Gasteiger partial charge in [0.05, 0.1) is 19.5 Å². The van der Waals surface area contributed by atoms with Crippen molar-refractivity contribution >= 4 is 11.6 Å². The summed E-state index contributed by atoms with van der Waals surface area (Å²) in [5.74, 6) is 2.02. The predicted octanol–water partition coefficient (Wildman–Crippen LogP) is 1.70. The van der Waals surface area contributed by atoms with Gasteiger partial charge in [-0.05, 0) is 17.7 Å². The van der Waals surface area contributed by atoms with Crippen LogP contribution in [-0.2, 0) is 6.54 Å². The lowest BCUT2D eigenvalue weighted by Gasteiger charge is -2.18. The lowest BCUT2D eigenvalue weighted by molar-refractivity contribution is 0.414. The molecule has 0 aliphatic heterocycles. The van der Waals surface area contributed by atoms with Gasteiger partial charge in [-0.25, -0.2) is 4.98 Å². The minimum Gasteiger partial charge on any atom is -0.497 e. The first kappa shape index (κ1) is 12.2. The lowest BCUT2D eigenvalue weighted by atomic mass is 10.2. The van der Waals surface area contributed by atoms with E-state index in [1.54, 1.807) is 13.3 Å². The third-order valence-electron chi connectivity index (χ3n) is 2.59. The van der Waals surface area contributed by atoms with Gasteiger partial charge in [0, 0.05) is 13.6 Å². The fourth-order valence-electron chi connectivity index (χ4n) is 1.68. The van der Waals surface area contributed by atoms with Crippen molar-refractivity contribution in [1.82, 2.24) is 9.97 Å². The fourth-order valence-corrected chi connectivity index (χ4v) is 1.68. The first-order valence-electron chi connectivity index (χ1n) is 5.60. The number of benzene rings is 1. The molecular weight excluding hydrogens is 228 g/mol. The number of hydrogen-bond donors (Lipinski definition) is 1. The smallest absolute Gasteiger partial charge is 0.149 e. The van der Waals surface area contributed by atoms with Gasteiger partial charge < -0.3 is 15.4 Å². The van der Waals surface area contributed by atoms with Crippen LogP contribution < -0.4 is 15.4 Å². The van der Waals surface area contributed by atoms with Gasteiger partial charge in [-0.1, -0.05) is 12.1 Å². The molecule has 2 aromatic rings. The number of nitrogen functional groups attached to an aromatic ring is 1. The van der Waals surface area contributed by atoms with E-state index in [1.807, 2.05) is 36.2 Å². The Balaban J connectivity index is 2.13. The number of hydrogen-bond acceptors (Lipinski definition) is 5. The van der Waals surface area contributed by atoms with E-state index in [9.17, 15) is 0 Å². The molecule has 5 heteroatoms. The number of nitrogens with two attached hydrogens (primary N) is 1. The minimum absolute atomic E-state index is 0.421. The SMILES string of the molecule is COc1cccc(CN(C)c2cncc(N)n2)c1. The predicted molar refractivity (Wildman–Crippen MR) is 71.5 cm³/mol. The molecule has 0 fully saturated rings. The fraction of sp³-hybridized carbons (Fsp3) is 0.231. The second-order valence-electron chi connectivity index (χ2n) is 4.01. The first-order valence-corrected chi connectivity index (χ1v) is 5.60. The highest BCUT2D eigenvalue weighted by Gasteiger charge is 2.05. The van der Waals surface area contributed by atoms with Crippen molar-refractivity contribution in [3.63, 3.8) is 0 Å². The van der Waals surface area contributed by atoms with Gasteiger partial charge in [-0.15, -0.1) is 0 Å². The summed E-state index contributed by atoms with van der Waals surface area (Å²) in [7, 11) is 3.61. The van der Waals surface area contributed by atoms with Gasteiger partial charge in [-0.2, -0.15) is 0 Å². The molecule has 0 bridgehead atoms. The monoisotopic (exact) mass is 244 g/mol. The number of methoxy groups -OCH3 is 1. The number of rotatable bonds is 4. The van der Waals surface area contributed by atoms with Gasteiger partial charge >= 0.3 is 0 Å². The lowest BCUT2D eigenvalue weighted by Crippen LogP contribution is -2.18. The van der Waals surface area contributed by atoms with Gasteiger partial charge in [0.15, 0.2) is 0 Å². The molecule has 0 saturated heterocycles. The second kappa shape index (κ2) is 5.35. The number of aromatic nitrogens is 2. The van der Waals surface area contributed by atoms with Crippen LogP contribution in [0.1, 0.15) is 5.56 Å². The van der Waals surface area contributed by atoms with Crippen LogP contribution in [-0.4, -0.2) is 24.1 Å². The van der Waals surface area contributed by atoms with Crippen LogP contribution >= 0.6 is 0 Å². The molecular formula is C13H16N4O. The minimum atomic E-state index is 0.421. The average molecular weight is 244 g/mol. The summed E-state index contributed by atoms with van der Waals surface area (Å²) < 4.78 is 5.19. The Kier molecular flexibility index (Phi) is 3.62. The van der Waals surface area contributed by atoms with Gasteiger partial charge in [0.25, 0.3) is 0 Å². The standard InChI is InChI=1S/C13H16N4O/c1-17(13-8-15-7-12(14)16-13)9-10-4-3-5-11(6-10)18-2/h3-8H,9H2,1-2H3,(H2,14,16). The van der Waals surface area contributed by atoms with Crippen LogP contribution in [0.3, 0.4) is 0 Å². The van der Waals surface area contributed by atoms with Crippen molar-refractivity contribution in [2.45, 2.75) is 6.54 Å². The van der Waals surface area contributed by atoms with Crippen LogP contribution in [0, 0.1) is 0 Å². The number of nitrogens with zero attached hydrogens (tertiary/aromatic N) is 3. The third-order valence-corrected chi connectivity index (χ3v) is 2.59. The summed E-state index contributed by atoms with van der Waals surface area (Å²) in [6.07, 6.45) is 3.22. The van der Waals surface area contributed by atoms with Gasteiger partial charge in [-0.3, -0.25) is 4.98 Å². The van der Waals surface area contributed by atoms with Crippen LogP contribution in [0.4, 0.5) is 11.6 Å². The Labute approximate surface area is 106 Å². The zero-order valence-corrected chi connectivity index (χ0v) is 10.5. The summed E-state index contributed by atoms with van der Waals surface area (Å²) in [5.41, 5.74) is 6.76. The number of anilines is 2. The van der Waals surface area contributed by atoms with E-state index in [0.29, 0.717) is 5.82 Å². The zero-order chi connectivity index (χ0) is 13.0. The Morgan fingerprint density at radius 3 is 2.89 bits per heavy atom. The Morgan fingerprint density at radius 1 is 1.33 bits per heavy atom. The quantitative estimate of drug-likeness (QED) is 0.886. The third kappa shape index (κ3) is 2.88. The molecule has 0 aliphatic carbocycles. The van der Waals surface area contributed by atoms with Gasteiger partial charge in [0.2, 0.25) is 0 Å². The summed E-state index contributed by atoms with van der Waals surface area (Å²) in [6.45, 7) is 0.718. The Hall–Kier alpha value is -2.30. The summed E-state index contributed by atoms with van der Waals surface area (Å²) in [6, 6.07) is 7.92. The molecule has 94 valence electrons. The first-order chi connectivity index (χ1) is 8.69. The maximum Gasteiger partial charge on any atom is 0.149 e. The molecule has 1 heterocycles. The van der Waals surface area contributed by atoms with Crippen molar-refractivity contribution in [3.05, 3.63) is 42.2 Å². The Bertz CT molecular complexity index is 530. The van der Waals surface area contributed by atoms with Crippen molar-refractivity contribution in [2.24, 2.45) is 0 Å². The second-order valence-corrected chi connectivity index (χ2v) is 4.01. The molecule has 0 amide bonds. The maximum atomic E-state index is 5.62. The van der Waals surface area contributed by atoms with E-state index in [2.05, 4.69) is 9.97 Å². The average Bonchev–Trinajstić information content (AvgIpc) is 2.39. The molecule has 0 radical (unpaired) electrons. The highest BCUT2D eigenvalue weighted by Crippen LogP contribution is 2.16. The topological polar surface area (TPSA) is 64.3 Å². The van der Waals surface area contributed by atoms with Crippen LogP contribution in [0.15, 0.2) is 36.7 Å². The summed E-state index contributed by atoms with van der Waals surface area (Å²) in [5, 5.41) is 0. The van der Waals surface area contributed by atoms with E-state index in [1.165, 1.54) is 6.20 Å². The van der Waals surface area contributed by atoms with Crippen molar-refractivity contribution in [1.29, 1.82) is 0 Å². The molecule has 2 rings (SSSR count). The molecule has 0 saturated carbocycles. The molecule has 0 aliphatic rings.